The van der Waals surface area contributed by atoms with Crippen molar-refractivity contribution >= 4 is 68.9 Å². The van der Waals surface area contributed by atoms with Crippen molar-refractivity contribution in [1.29, 1.82) is 0 Å². The Morgan fingerprint density at radius 2 is 1.85 bits per heavy atom. The Balaban J connectivity index is 1.41. The third-order valence-corrected chi connectivity index (χ3v) is 8.31. The van der Waals surface area contributed by atoms with Crippen molar-refractivity contribution in [2.45, 2.75) is 51.6 Å². The van der Waals surface area contributed by atoms with Gasteiger partial charge in [-0.05, 0) is 30.9 Å². The lowest BCUT2D eigenvalue weighted by molar-refractivity contribution is -0.142. The van der Waals surface area contributed by atoms with Crippen molar-refractivity contribution in [2.75, 3.05) is 23.4 Å². The number of anilines is 1. The summed E-state index contributed by atoms with van der Waals surface area (Å²) in [5.74, 6) is -3.10. The van der Waals surface area contributed by atoms with Crippen LogP contribution in [0.15, 0.2) is 18.2 Å². The minimum Gasteiger partial charge on any atom is -0.480 e. The average Bonchev–Trinajstić information content (AvgIpc) is 3.13. The van der Waals surface area contributed by atoms with E-state index in [0.717, 1.165) is 4.90 Å². The minimum atomic E-state index is -1.12. The summed E-state index contributed by atoms with van der Waals surface area (Å²) in [4.78, 5) is 86.0. The number of carbonyl (C=O) groups excluding carboxylic acids is 6. The van der Waals surface area contributed by atoms with Gasteiger partial charge in [0, 0.05) is 24.3 Å². The Labute approximate surface area is 237 Å². The number of carboxylic acids is 1. The summed E-state index contributed by atoms with van der Waals surface area (Å²) in [6, 6.07) is 2.29. The molecule has 1 unspecified atom stereocenters. The minimum absolute atomic E-state index is 0.00573. The molecule has 0 aliphatic carbocycles. The number of ether oxygens (including phenoxy) is 1. The van der Waals surface area contributed by atoms with Crippen LogP contribution >= 0.6 is 21.6 Å². The van der Waals surface area contributed by atoms with E-state index in [1.807, 2.05) is 13.8 Å². The van der Waals surface area contributed by atoms with E-state index in [4.69, 9.17) is 4.74 Å². The van der Waals surface area contributed by atoms with Gasteiger partial charge in [0.25, 0.3) is 11.8 Å². The smallest absolute Gasteiger partial charge is 0.411 e. The Morgan fingerprint density at radius 3 is 2.52 bits per heavy atom. The Bertz CT molecular complexity index is 1210. The van der Waals surface area contributed by atoms with Gasteiger partial charge in [-0.1, -0.05) is 41.5 Å². The topological polar surface area (TPSA) is 188 Å². The largest absolute Gasteiger partial charge is 0.480 e. The van der Waals surface area contributed by atoms with Crippen molar-refractivity contribution in [1.82, 2.24) is 15.5 Å². The van der Waals surface area contributed by atoms with Gasteiger partial charge in [-0.3, -0.25) is 39.5 Å². The maximum atomic E-state index is 13.1. The summed E-state index contributed by atoms with van der Waals surface area (Å²) in [6.07, 6.45) is -0.349. The molecule has 0 radical (unpaired) electrons. The van der Waals surface area contributed by atoms with Gasteiger partial charge in [-0.2, -0.15) is 0 Å². The number of nitrogens with one attached hydrogen (secondary N) is 3. The normalized spacial score (nSPS) is 17.4. The first-order valence-electron chi connectivity index (χ1n) is 12.5. The highest BCUT2D eigenvalue weighted by Crippen LogP contribution is 2.32. The van der Waals surface area contributed by atoms with Gasteiger partial charge in [-0.25, -0.2) is 9.59 Å². The maximum absolute atomic E-state index is 13.1. The van der Waals surface area contributed by atoms with Gasteiger partial charge in [0.1, 0.15) is 18.7 Å². The molecule has 6 amide bonds. The number of nitrogens with zero attached hydrogens (tertiary/aromatic N) is 1. The first-order valence-corrected chi connectivity index (χ1v) is 15.0. The Kier molecular flexibility index (Phi) is 11.0. The SMILES string of the molecule is CC(C)C[C@H](NC(=O)CCSSCCOC(=O)Nc1cccc2c1C(=O)N(C1CCC(=O)NC1=O)C2=O)C(=O)O. The zero-order valence-electron chi connectivity index (χ0n) is 21.9. The van der Waals surface area contributed by atoms with Crippen molar-refractivity contribution < 1.29 is 43.4 Å². The number of rotatable bonds is 13. The van der Waals surface area contributed by atoms with Crippen LogP contribution in [0.2, 0.25) is 0 Å². The first kappa shape index (κ1) is 30.9. The molecular formula is C25H30N4O9S2. The van der Waals surface area contributed by atoms with Gasteiger partial charge >= 0.3 is 12.1 Å². The van der Waals surface area contributed by atoms with Crippen molar-refractivity contribution in [3.05, 3.63) is 29.3 Å². The van der Waals surface area contributed by atoms with Gasteiger partial charge in [0.2, 0.25) is 17.7 Å². The number of fused-ring (bicyclic) bond motifs is 1. The highest BCUT2D eigenvalue weighted by atomic mass is 33.1. The van der Waals surface area contributed by atoms with Crippen LogP contribution in [0.25, 0.3) is 0 Å². The number of carbonyl (C=O) groups is 7. The molecule has 40 heavy (non-hydrogen) atoms. The van der Waals surface area contributed by atoms with Crippen molar-refractivity contribution in [2.24, 2.45) is 5.92 Å². The molecule has 13 nitrogen and oxygen atoms in total. The van der Waals surface area contributed by atoms with E-state index in [1.54, 1.807) is 0 Å². The fraction of sp³-hybridized carbons (Fsp3) is 0.480. The van der Waals surface area contributed by atoms with E-state index in [9.17, 15) is 38.7 Å². The summed E-state index contributed by atoms with van der Waals surface area (Å²) in [5, 5.41) is 16.3. The van der Waals surface area contributed by atoms with Crippen molar-refractivity contribution in [3.63, 3.8) is 0 Å². The van der Waals surface area contributed by atoms with E-state index in [2.05, 4.69) is 16.0 Å². The third kappa shape index (κ3) is 7.97. The monoisotopic (exact) mass is 594 g/mol. The molecule has 2 aliphatic heterocycles. The molecule has 216 valence electrons. The summed E-state index contributed by atoms with van der Waals surface area (Å²) >= 11 is 0. The van der Waals surface area contributed by atoms with E-state index in [1.165, 1.54) is 39.8 Å². The summed E-state index contributed by atoms with van der Waals surface area (Å²) in [5.41, 5.74) is 0.0269. The number of aliphatic carboxylic acids is 1. The number of carboxylic acid groups (broad SMARTS) is 1. The van der Waals surface area contributed by atoms with Crippen LogP contribution in [0.1, 0.15) is 60.2 Å². The number of imide groups is 2. The molecule has 2 aliphatic rings. The van der Waals surface area contributed by atoms with Crippen LogP contribution in [0.5, 0.6) is 0 Å². The van der Waals surface area contributed by atoms with E-state index in [-0.39, 0.29) is 54.5 Å². The fourth-order valence-corrected chi connectivity index (χ4v) is 5.96. The molecule has 0 aromatic heterocycles. The van der Waals surface area contributed by atoms with Gasteiger partial charge in [0.05, 0.1) is 16.8 Å². The number of hydrogen-bond acceptors (Lipinski definition) is 10. The van der Waals surface area contributed by atoms with Gasteiger partial charge in [0.15, 0.2) is 0 Å². The molecule has 15 heteroatoms. The Morgan fingerprint density at radius 1 is 1.12 bits per heavy atom. The average molecular weight is 595 g/mol. The molecule has 1 aromatic carbocycles. The fourth-order valence-electron chi connectivity index (χ4n) is 4.15. The molecule has 2 heterocycles. The molecule has 0 saturated carbocycles. The third-order valence-electron chi connectivity index (χ3n) is 5.94. The maximum Gasteiger partial charge on any atom is 0.411 e. The van der Waals surface area contributed by atoms with Crippen LogP contribution in [0.4, 0.5) is 10.5 Å². The number of benzene rings is 1. The number of hydrogen-bond donors (Lipinski definition) is 4. The van der Waals surface area contributed by atoms with E-state index in [0.29, 0.717) is 17.9 Å². The summed E-state index contributed by atoms with van der Waals surface area (Å²) in [6.45, 7) is 3.78. The zero-order valence-corrected chi connectivity index (χ0v) is 23.5. The van der Waals surface area contributed by atoms with Crippen LogP contribution in [0, 0.1) is 5.92 Å². The standard InChI is InChI=1S/C25H30N4O9S2/c1-13(2)12-16(24(35)36)26-19(31)8-10-39-40-11-9-38-25(37)27-15-5-3-4-14-20(15)23(34)29(22(14)33)17-6-7-18(30)28-21(17)32/h3-5,13,16-17H,6-12H2,1-2H3,(H,26,31)(H,27,37)(H,35,36)(H,28,30,32)/t16-,17?/m0/s1. The quantitative estimate of drug-likeness (QED) is 0.149. The second kappa shape index (κ2) is 14.2. The number of amides is 6. The molecule has 3 rings (SSSR count). The molecular weight excluding hydrogens is 564 g/mol. The Hall–Kier alpha value is -3.59. The number of piperidine rings is 1. The molecule has 1 fully saturated rings. The molecule has 1 saturated heterocycles. The van der Waals surface area contributed by atoms with Gasteiger partial charge < -0.3 is 15.2 Å². The molecule has 4 N–H and O–H groups in total. The van der Waals surface area contributed by atoms with Crippen LogP contribution in [-0.4, -0.2) is 81.8 Å². The molecule has 0 bridgehead atoms. The highest BCUT2D eigenvalue weighted by molar-refractivity contribution is 8.76. The molecule has 0 spiro atoms. The molecule has 2 atom stereocenters. The first-order chi connectivity index (χ1) is 19.0. The zero-order chi connectivity index (χ0) is 29.4. The van der Waals surface area contributed by atoms with Crippen molar-refractivity contribution in [3.8, 4) is 0 Å². The molecule has 1 aromatic rings. The van der Waals surface area contributed by atoms with Crippen LogP contribution in [0.3, 0.4) is 0 Å². The lowest BCUT2D eigenvalue weighted by Gasteiger charge is -2.27. The predicted octanol–water partition coefficient (Wildman–Crippen LogP) is 2.02. The second-order valence-electron chi connectivity index (χ2n) is 9.42. The van der Waals surface area contributed by atoms with Crippen LogP contribution < -0.4 is 16.0 Å². The summed E-state index contributed by atoms with van der Waals surface area (Å²) in [7, 11) is 2.74. The lowest BCUT2D eigenvalue weighted by Crippen LogP contribution is -2.54. The lowest BCUT2D eigenvalue weighted by atomic mass is 10.0. The summed E-state index contributed by atoms with van der Waals surface area (Å²) < 4.78 is 5.14. The second-order valence-corrected chi connectivity index (χ2v) is 12.1. The van der Waals surface area contributed by atoms with E-state index < -0.39 is 47.8 Å². The highest BCUT2D eigenvalue weighted by Gasteiger charge is 2.45. The predicted molar refractivity (Wildman–Crippen MR) is 147 cm³/mol. The van der Waals surface area contributed by atoms with Gasteiger partial charge in [-0.15, -0.1) is 0 Å². The van der Waals surface area contributed by atoms with E-state index >= 15 is 0 Å². The van der Waals surface area contributed by atoms with Crippen LogP contribution in [-0.2, 0) is 23.9 Å².